The van der Waals surface area contributed by atoms with E-state index in [2.05, 4.69) is 0 Å². The number of rotatable bonds is 5. The lowest BCUT2D eigenvalue weighted by molar-refractivity contribution is -0.297. The molecule has 0 aromatic heterocycles. The van der Waals surface area contributed by atoms with Crippen molar-refractivity contribution in [3.05, 3.63) is 40.9 Å². The summed E-state index contributed by atoms with van der Waals surface area (Å²) in [4.78, 5) is 21.9. The van der Waals surface area contributed by atoms with Crippen molar-refractivity contribution in [2.45, 2.75) is 6.92 Å². The number of allylic oxidation sites excluding steroid dienone is 1. The van der Waals surface area contributed by atoms with Gasteiger partial charge >= 0.3 is 0 Å². The van der Waals surface area contributed by atoms with E-state index in [1.54, 1.807) is 12.1 Å². The van der Waals surface area contributed by atoms with Crippen LogP contribution in [0, 0.1) is 0 Å². The maximum absolute atomic E-state index is 11.6. The number of ketones is 1. The number of hydrogen-bond donors (Lipinski definition) is 0. The van der Waals surface area contributed by atoms with E-state index < -0.39 is 16.8 Å². The van der Waals surface area contributed by atoms with Crippen molar-refractivity contribution in [3.8, 4) is 5.75 Å². The smallest absolute Gasteiger partial charge is 0.204 e. The van der Waals surface area contributed by atoms with Crippen LogP contribution in [0.15, 0.2) is 35.4 Å². The SMILES string of the molecule is CCOc1ccc(C(=O)C(Cl)=CC(=O)[O-])cc1. The van der Waals surface area contributed by atoms with Crippen molar-refractivity contribution in [1.82, 2.24) is 0 Å². The molecule has 17 heavy (non-hydrogen) atoms. The highest BCUT2D eigenvalue weighted by atomic mass is 35.5. The Hall–Kier alpha value is -1.81. The van der Waals surface area contributed by atoms with Crippen LogP contribution in [0.2, 0.25) is 0 Å². The minimum Gasteiger partial charge on any atom is -0.545 e. The Bertz CT molecular complexity index is 448. The van der Waals surface area contributed by atoms with Crippen molar-refractivity contribution in [3.63, 3.8) is 0 Å². The van der Waals surface area contributed by atoms with Gasteiger partial charge in [-0.1, -0.05) is 11.6 Å². The number of carbonyl (C=O) groups is 2. The summed E-state index contributed by atoms with van der Waals surface area (Å²) in [5.41, 5.74) is 0.288. The highest BCUT2D eigenvalue weighted by molar-refractivity contribution is 6.46. The summed E-state index contributed by atoms with van der Waals surface area (Å²) in [6.07, 6.45) is 0.556. The molecule has 0 spiro atoms. The Balaban J connectivity index is 2.86. The van der Waals surface area contributed by atoms with Gasteiger partial charge in [0.05, 0.1) is 17.6 Å². The first-order valence-corrected chi connectivity index (χ1v) is 5.28. The van der Waals surface area contributed by atoms with Crippen molar-refractivity contribution in [2.24, 2.45) is 0 Å². The maximum atomic E-state index is 11.6. The first kappa shape index (κ1) is 13.3. The number of halogens is 1. The minimum atomic E-state index is -1.51. The predicted molar refractivity (Wildman–Crippen MR) is 60.9 cm³/mol. The van der Waals surface area contributed by atoms with Crippen LogP contribution in [-0.2, 0) is 4.79 Å². The van der Waals surface area contributed by atoms with Crippen LogP contribution in [0.25, 0.3) is 0 Å². The zero-order valence-corrected chi connectivity index (χ0v) is 9.86. The number of aliphatic carboxylic acids is 1. The van der Waals surface area contributed by atoms with Crippen molar-refractivity contribution >= 4 is 23.4 Å². The van der Waals surface area contributed by atoms with Crippen LogP contribution < -0.4 is 9.84 Å². The van der Waals surface area contributed by atoms with Crippen molar-refractivity contribution in [2.75, 3.05) is 6.61 Å². The van der Waals surface area contributed by atoms with Crippen LogP contribution in [0.5, 0.6) is 5.75 Å². The molecule has 0 saturated heterocycles. The molecule has 0 aliphatic heterocycles. The fourth-order valence-corrected chi connectivity index (χ4v) is 1.37. The number of carboxylic acid groups (broad SMARTS) is 1. The fraction of sp³-hybridized carbons (Fsp3) is 0.167. The first-order chi connectivity index (χ1) is 8.04. The number of hydrogen-bond acceptors (Lipinski definition) is 4. The number of carbonyl (C=O) groups excluding carboxylic acids is 2. The topological polar surface area (TPSA) is 66.4 Å². The third-order valence-electron chi connectivity index (χ3n) is 1.89. The summed E-state index contributed by atoms with van der Waals surface area (Å²) in [6.45, 7) is 2.37. The highest BCUT2D eigenvalue weighted by Gasteiger charge is 2.09. The molecule has 1 rings (SSSR count). The van der Waals surface area contributed by atoms with Gasteiger partial charge in [-0.2, -0.15) is 0 Å². The standard InChI is InChI=1S/C12H11ClO4/c1-2-17-9-5-3-8(4-6-9)12(16)10(13)7-11(14)15/h3-7H,2H2,1H3,(H,14,15)/p-1. The molecular formula is C12H10ClO4-. The van der Waals surface area contributed by atoms with Crippen LogP contribution in [0.3, 0.4) is 0 Å². The molecule has 0 aliphatic carbocycles. The van der Waals surface area contributed by atoms with E-state index in [9.17, 15) is 14.7 Å². The molecule has 0 atom stereocenters. The van der Waals surface area contributed by atoms with E-state index in [-0.39, 0.29) is 5.56 Å². The molecule has 4 nitrogen and oxygen atoms in total. The van der Waals surface area contributed by atoms with E-state index in [1.165, 1.54) is 12.1 Å². The Labute approximate surface area is 103 Å². The zero-order chi connectivity index (χ0) is 12.8. The molecule has 1 aromatic rings. The highest BCUT2D eigenvalue weighted by Crippen LogP contribution is 2.16. The molecule has 90 valence electrons. The number of carboxylic acids is 1. The average Bonchev–Trinajstić information content (AvgIpc) is 2.28. The molecular weight excluding hydrogens is 244 g/mol. The van der Waals surface area contributed by atoms with Gasteiger partial charge in [-0.25, -0.2) is 0 Å². The summed E-state index contributed by atoms with van der Waals surface area (Å²) in [5, 5.41) is 9.85. The molecule has 0 bridgehead atoms. The zero-order valence-electron chi connectivity index (χ0n) is 9.10. The summed E-state index contributed by atoms with van der Waals surface area (Å²) >= 11 is 5.52. The van der Waals surface area contributed by atoms with Gasteiger partial charge in [-0.3, -0.25) is 4.79 Å². The van der Waals surface area contributed by atoms with Crippen molar-refractivity contribution < 1.29 is 19.4 Å². The lowest BCUT2D eigenvalue weighted by Crippen LogP contribution is -2.20. The second kappa shape index (κ2) is 6.06. The second-order valence-corrected chi connectivity index (χ2v) is 3.51. The lowest BCUT2D eigenvalue weighted by Gasteiger charge is -2.04. The molecule has 0 saturated carbocycles. The normalized spacial score (nSPS) is 11.1. The maximum Gasteiger partial charge on any atom is 0.204 e. The van der Waals surface area contributed by atoms with E-state index in [1.807, 2.05) is 6.92 Å². The van der Waals surface area contributed by atoms with Crippen LogP contribution in [0.1, 0.15) is 17.3 Å². The van der Waals surface area contributed by atoms with Gasteiger partial charge in [0.25, 0.3) is 0 Å². The molecule has 0 fully saturated rings. The summed E-state index contributed by atoms with van der Waals surface area (Å²) in [7, 11) is 0. The second-order valence-electron chi connectivity index (χ2n) is 3.10. The lowest BCUT2D eigenvalue weighted by atomic mass is 10.1. The molecule has 0 heterocycles. The number of benzene rings is 1. The van der Waals surface area contributed by atoms with Gasteiger partial charge in [0.2, 0.25) is 5.78 Å². The van der Waals surface area contributed by atoms with Gasteiger partial charge in [0.15, 0.2) is 0 Å². The van der Waals surface area contributed by atoms with E-state index in [0.717, 1.165) is 0 Å². The molecule has 1 aromatic carbocycles. The third-order valence-corrected chi connectivity index (χ3v) is 2.17. The first-order valence-electron chi connectivity index (χ1n) is 4.90. The fourth-order valence-electron chi connectivity index (χ4n) is 1.18. The minimum absolute atomic E-state index is 0.288. The number of ether oxygens (including phenoxy) is 1. The van der Waals surface area contributed by atoms with Crippen LogP contribution in [0.4, 0.5) is 0 Å². The summed E-state index contributed by atoms with van der Waals surface area (Å²) in [5.74, 6) is -1.45. The van der Waals surface area contributed by atoms with E-state index >= 15 is 0 Å². The van der Waals surface area contributed by atoms with Gasteiger partial charge < -0.3 is 14.6 Å². The Morgan fingerprint density at radius 3 is 2.41 bits per heavy atom. The van der Waals surface area contributed by atoms with Crippen molar-refractivity contribution in [1.29, 1.82) is 0 Å². The Morgan fingerprint density at radius 2 is 1.94 bits per heavy atom. The van der Waals surface area contributed by atoms with E-state index in [0.29, 0.717) is 18.4 Å². The Kier molecular flexibility index (Phi) is 4.72. The largest absolute Gasteiger partial charge is 0.545 e. The summed E-state index contributed by atoms with van der Waals surface area (Å²) in [6, 6.07) is 6.25. The molecule has 5 heteroatoms. The molecule has 0 amide bonds. The molecule has 0 aliphatic rings. The molecule has 0 radical (unpaired) electrons. The van der Waals surface area contributed by atoms with Crippen LogP contribution >= 0.6 is 11.6 Å². The third kappa shape index (κ3) is 3.92. The van der Waals surface area contributed by atoms with Crippen LogP contribution in [-0.4, -0.2) is 18.4 Å². The van der Waals surface area contributed by atoms with Gasteiger partial charge in [-0.15, -0.1) is 0 Å². The van der Waals surface area contributed by atoms with Gasteiger partial charge in [0, 0.05) is 5.56 Å². The average molecular weight is 254 g/mol. The Morgan fingerprint density at radius 1 is 1.35 bits per heavy atom. The quantitative estimate of drug-likeness (QED) is 0.583. The predicted octanol–water partition coefficient (Wildman–Crippen LogP) is 1.14. The van der Waals surface area contributed by atoms with Gasteiger partial charge in [-0.05, 0) is 37.3 Å². The molecule has 0 unspecified atom stereocenters. The monoisotopic (exact) mass is 253 g/mol. The van der Waals surface area contributed by atoms with Gasteiger partial charge in [0.1, 0.15) is 5.75 Å². The van der Waals surface area contributed by atoms with E-state index in [4.69, 9.17) is 16.3 Å². The molecule has 0 N–H and O–H groups in total. The number of Topliss-reactive ketones (excluding diaryl/α,β-unsaturated/α-hetero) is 1. The summed E-state index contributed by atoms with van der Waals surface area (Å²) < 4.78 is 5.20.